The third kappa shape index (κ3) is 3.42. The maximum absolute atomic E-state index is 5.93. The van der Waals surface area contributed by atoms with Gasteiger partial charge in [-0.3, -0.25) is 0 Å². The second-order valence-corrected chi connectivity index (χ2v) is 6.58. The zero-order valence-corrected chi connectivity index (χ0v) is 14.6. The fraction of sp³-hybridized carbons (Fsp3) is 0.300. The highest BCUT2D eigenvalue weighted by atomic mass is 16.5. The molecule has 0 aliphatic carbocycles. The van der Waals surface area contributed by atoms with Gasteiger partial charge in [-0.25, -0.2) is 4.68 Å². The number of benzene rings is 2. The number of anilines is 1. The second kappa shape index (κ2) is 6.69. The molecule has 4 rings (SSSR count). The predicted molar refractivity (Wildman–Crippen MR) is 97.5 cm³/mol. The van der Waals surface area contributed by atoms with Gasteiger partial charge in [0.05, 0.1) is 19.3 Å². The van der Waals surface area contributed by atoms with Crippen LogP contribution in [0.2, 0.25) is 0 Å². The van der Waals surface area contributed by atoms with Crippen LogP contribution in [0.4, 0.5) is 5.69 Å². The average Bonchev–Trinajstić information content (AvgIpc) is 3.27. The van der Waals surface area contributed by atoms with E-state index >= 15 is 0 Å². The van der Waals surface area contributed by atoms with Gasteiger partial charge in [0.2, 0.25) is 0 Å². The van der Waals surface area contributed by atoms with E-state index < -0.39 is 0 Å². The van der Waals surface area contributed by atoms with Crippen molar-refractivity contribution in [3.63, 3.8) is 0 Å². The Labute approximate surface area is 147 Å². The van der Waals surface area contributed by atoms with Gasteiger partial charge in [-0.15, -0.1) is 5.10 Å². The summed E-state index contributed by atoms with van der Waals surface area (Å²) in [6.45, 7) is 6.46. The van der Waals surface area contributed by atoms with Crippen molar-refractivity contribution in [2.45, 2.75) is 26.6 Å². The van der Waals surface area contributed by atoms with Crippen molar-refractivity contribution >= 4 is 5.69 Å². The Bertz CT molecular complexity index is 839. The SMILES string of the molecule is Cc1ccc(Cn2cc([C@H]3OCCN3c3ccc(C)cc3)nn2)cc1. The van der Waals surface area contributed by atoms with Crippen LogP contribution < -0.4 is 4.90 Å². The van der Waals surface area contributed by atoms with E-state index in [1.807, 2.05) is 10.9 Å². The van der Waals surface area contributed by atoms with Crippen molar-refractivity contribution in [1.82, 2.24) is 15.0 Å². The van der Waals surface area contributed by atoms with Crippen LogP contribution in [0.5, 0.6) is 0 Å². The van der Waals surface area contributed by atoms with E-state index in [4.69, 9.17) is 4.74 Å². The van der Waals surface area contributed by atoms with Gasteiger partial charge in [0.1, 0.15) is 5.69 Å². The number of hydrogen-bond donors (Lipinski definition) is 0. The van der Waals surface area contributed by atoms with Gasteiger partial charge in [0, 0.05) is 12.2 Å². The minimum Gasteiger partial charge on any atom is -0.350 e. The van der Waals surface area contributed by atoms with E-state index in [1.165, 1.54) is 16.7 Å². The Morgan fingerprint density at radius 2 is 1.68 bits per heavy atom. The minimum absolute atomic E-state index is 0.172. The summed E-state index contributed by atoms with van der Waals surface area (Å²) in [6.07, 6.45) is 1.81. The van der Waals surface area contributed by atoms with Gasteiger partial charge in [0.25, 0.3) is 0 Å². The van der Waals surface area contributed by atoms with Gasteiger partial charge in [0.15, 0.2) is 6.23 Å². The molecule has 0 unspecified atom stereocenters. The van der Waals surface area contributed by atoms with Crippen molar-refractivity contribution in [2.75, 3.05) is 18.1 Å². The van der Waals surface area contributed by atoms with Gasteiger partial charge in [-0.2, -0.15) is 0 Å². The summed E-state index contributed by atoms with van der Waals surface area (Å²) in [5, 5.41) is 8.63. The zero-order chi connectivity index (χ0) is 17.2. The third-order valence-corrected chi connectivity index (χ3v) is 4.53. The molecule has 0 bridgehead atoms. The van der Waals surface area contributed by atoms with Gasteiger partial charge < -0.3 is 9.64 Å². The Hall–Kier alpha value is -2.66. The molecule has 0 amide bonds. The van der Waals surface area contributed by atoms with Gasteiger partial charge >= 0.3 is 0 Å². The summed E-state index contributed by atoms with van der Waals surface area (Å²) in [5.41, 5.74) is 5.73. The largest absolute Gasteiger partial charge is 0.350 e. The monoisotopic (exact) mass is 334 g/mol. The van der Waals surface area contributed by atoms with Crippen molar-refractivity contribution in [1.29, 1.82) is 0 Å². The Morgan fingerprint density at radius 3 is 2.40 bits per heavy atom. The molecule has 1 saturated heterocycles. The maximum Gasteiger partial charge on any atom is 0.177 e. The third-order valence-electron chi connectivity index (χ3n) is 4.53. The van der Waals surface area contributed by atoms with Crippen LogP contribution in [0.25, 0.3) is 0 Å². The average molecular weight is 334 g/mol. The summed E-state index contributed by atoms with van der Waals surface area (Å²) in [6, 6.07) is 17.0. The van der Waals surface area contributed by atoms with Gasteiger partial charge in [-0.05, 0) is 31.5 Å². The molecule has 0 spiro atoms. The van der Waals surface area contributed by atoms with Crippen LogP contribution in [0, 0.1) is 13.8 Å². The lowest BCUT2D eigenvalue weighted by atomic mass is 10.1. The molecule has 5 heteroatoms. The fourth-order valence-corrected chi connectivity index (χ4v) is 3.10. The molecule has 3 aromatic rings. The molecule has 5 nitrogen and oxygen atoms in total. The first-order chi connectivity index (χ1) is 12.2. The minimum atomic E-state index is -0.172. The van der Waals surface area contributed by atoms with Crippen molar-refractivity contribution in [3.8, 4) is 0 Å². The lowest BCUT2D eigenvalue weighted by molar-refractivity contribution is 0.110. The Kier molecular flexibility index (Phi) is 4.24. The molecule has 1 aromatic heterocycles. The molecule has 0 saturated carbocycles. The summed E-state index contributed by atoms with van der Waals surface area (Å²) in [5.74, 6) is 0. The van der Waals surface area contributed by atoms with E-state index in [0.29, 0.717) is 13.2 Å². The number of nitrogens with zero attached hydrogens (tertiary/aromatic N) is 4. The number of hydrogen-bond acceptors (Lipinski definition) is 4. The quantitative estimate of drug-likeness (QED) is 0.733. The van der Waals surface area contributed by atoms with Crippen LogP contribution >= 0.6 is 0 Å². The molecule has 128 valence electrons. The first-order valence-electron chi connectivity index (χ1n) is 8.59. The molecule has 1 aliphatic rings. The lowest BCUT2D eigenvalue weighted by Gasteiger charge is -2.23. The van der Waals surface area contributed by atoms with E-state index in [2.05, 4.69) is 77.6 Å². The summed E-state index contributed by atoms with van der Waals surface area (Å²) >= 11 is 0. The highest BCUT2D eigenvalue weighted by Crippen LogP contribution is 2.31. The van der Waals surface area contributed by atoms with Crippen molar-refractivity contribution in [2.24, 2.45) is 0 Å². The normalized spacial score (nSPS) is 17.2. The molecule has 25 heavy (non-hydrogen) atoms. The number of aryl methyl sites for hydroxylation is 2. The predicted octanol–water partition coefficient (Wildman–Crippen LogP) is 3.48. The van der Waals surface area contributed by atoms with E-state index in [1.54, 1.807) is 0 Å². The van der Waals surface area contributed by atoms with Crippen molar-refractivity contribution in [3.05, 3.63) is 77.1 Å². The van der Waals surface area contributed by atoms with E-state index in [9.17, 15) is 0 Å². The van der Waals surface area contributed by atoms with Gasteiger partial charge in [-0.1, -0.05) is 52.7 Å². The molecule has 2 aromatic carbocycles. The first-order valence-corrected chi connectivity index (χ1v) is 8.59. The molecular weight excluding hydrogens is 312 g/mol. The molecule has 0 N–H and O–H groups in total. The summed E-state index contributed by atoms with van der Waals surface area (Å²) in [7, 11) is 0. The number of ether oxygens (including phenoxy) is 1. The molecule has 2 heterocycles. The molecule has 1 atom stereocenters. The lowest BCUT2D eigenvalue weighted by Crippen LogP contribution is -2.23. The highest BCUT2D eigenvalue weighted by Gasteiger charge is 2.29. The topological polar surface area (TPSA) is 43.2 Å². The van der Waals surface area contributed by atoms with Crippen molar-refractivity contribution < 1.29 is 4.74 Å². The van der Waals surface area contributed by atoms with Crippen LogP contribution in [-0.4, -0.2) is 28.1 Å². The first kappa shape index (κ1) is 15.8. The summed E-state index contributed by atoms with van der Waals surface area (Å²) in [4.78, 5) is 2.24. The van der Waals surface area contributed by atoms with E-state index in [-0.39, 0.29) is 6.23 Å². The number of rotatable bonds is 4. The second-order valence-electron chi connectivity index (χ2n) is 6.58. The molecule has 1 fully saturated rings. The smallest absolute Gasteiger partial charge is 0.177 e. The molecule has 0 radical (unpaired) electrons. The van der Waals surface area contributed by atoms with Crippen LogP contribution in [0.1, 0.15) is 28.6 Å². The highest BCUT2D eigenvalue weighted by molar-refractivity contribution is 5.49. The maximum atomic E-state index is 5.93. The Balaban J connectivity index is 1.52. The standard InChI is InChI=1S/C20H22N4O/c1-15-3-7-17(8-4-15)13-23-14-19(21-22-23)20-24(11-12-25-20)18-9-5-16(2)6-10-18/h3-10,14,20H,11-13H2,1-2H3/t20-/m1/s1. The number of aromatic nitrogens is 3. The molecule has 1 aliphatic heterocycles. The van der Waals surface area contributed by atoms with Crippen LogP contribution in [0.3, 0.4) is 0 Å². The Morgan fingerprint density at radius 1 is 1.00 bits per heavy atom. The van der Waals surface area contributed by atoms with Crippen LogP contribution in [-0.2, 0) is 11.3 Å². The van der Waals surface area contributed by atoms with E-state index in [0.717, 1.165) is 17.9 Å². The fourth-order valence-electron chi connectivity index (χ4n) is 3.10. The molecular formula is C20H22N4O. The zero-order valence-electron chi connectivity index (χ0n) is 14.6. The summed E-state index contributed by atoms with van der Waals surface area (Å²) < 4.78 is 7.80. The van der Waals surface area contributed by atoms with Crippen LogP contribution in [0.15, 0.2) is 54.7 Å².